The third-order valence-electron chi connectivity index (χ3n) is 5.33. The van der Waals surface area contributed by atoms with E-state index in [0.29, 0.717) is 44.8 Å². The Hall–Kier alpha value is -1.69. The van der Waals surface area contributed by atoms with Crippen molar-refractivity contribution >= 4 is 33.6 Å². The molecule has 180 valence electrons. The molecule has 2 rings (SSSR count). The average molecular weight is 490 g/mol. The molecule has 0 spiro atoms. The number of carbonyl (C=O) groups is 2. The number of benzene rings is 1. The molecule has 0 radical (unpaired) electrons. The summed E-state index contributed by atoms with van der Waals surface area (Å²) in [5.41, 5.74) is 0. The fraction of sp³-hybridized carbons (Fsp3) is 0.619. The molecule has 1 fully saturated rings. The molecule has 1 aromatic carbocycles. The summed E-state index contributed by atoms with van der Waals surface area (Å²) in [6, 6.07) is 4.08. The highest BCUT2D eigenvalue weighted by atomic mass is 32.2. The number of methoxy groups -OCH3 is 1. The molecule has 0 bridgehead atoms. The number of hydrogen-bond donors (Lipinski definition) is 2. The Balaban J connectivity index is 1.98. The number of nitrogens with zero attached hydrogens (tertiary/aromatic N) is 1. The minimum absolute atomic E-state index is 0.0348. The Kier molecular flexibility index (Phi) is 10.9. The van der Waals surface area contributed by atoms with Crippen LogP contribution in [0.25, 0.3) is 0 Å². The zero-order valence-corrected chi connectivity index (χ0v) is 20.1. The third kappa shape index (κ3) is 7.72. The fourth-order valence-electron chi connectivity index (χ4n) is 3.54. The molecular weight excluding hydrogens is 457 g/mol. The summed E-state index contributed by atoms with van der Waals surface area (Å²) in [5.74, 6) is -0.864. The first-order chi connectivity index (χ1) is 15.3. The lowest BCUT2D eigenvalue weighted by atomic mass is 9.95. The molecule has 1 atom stereocenters. The van der Waals surface area contributed by atoms with E-state index in [1.54, 1.807) is 12.0 Å². The molecular formula is C21H32FN3O5S2. The summed E-state index contributed by atoms with van der Waals surface area (Å²) in [7, 11) is -2.59. The first kappa shape index (κ1) is 26.6. The SMILES string of the molecule is COCCCNC(=O)C1CCN(C(=O)C(CCSC)NS(=O)(=O)c2ccccc2F)CC1. The first-order valence-electron chi connectivity index (χ1n) is 10.6. The van der Waals surface area contributed by atoms with Gasteiger partial charge in [-0.05, 0) is 49.8 Å². The van der Waals surface area contributed by atoms with Crippen molar-refractivity contribution in [3.8, 4) is 0 Å². The number of hydrogen-bond acceptors (Lipinski definition) is 6. The van der Waals surface area contributed by atoms with Crippen LogP contribution >= 0.6 is 11.8 Å². The third-order valence-corrected chi connectivity index (χ3v) is 7.48. The first-order valence-corrected chi connectivity index (χ1v) is 13.5. The number of amides is 2. The van der Waals surface area contributed by atoms with Crippen LogP contribution in [0.1, 0.15) is 25.7 Å². The maximum atomic E-state index is 14.0. The molecule has 1 heterocycles. The Morgan fingerprint density at radius 1 is 1.28 bits per heavy atom. The van der Waals surface area contributed by atoms with Crippen molar-refractivity contribution in [3.63, 3.8) is 0 Å². The van der Waals surface area contributed by atoms with Crippen LogP contribution in [0.5, 0.6) is 0 Å². The zero-order valence-electron chi connectivity index (χ0n) is 18.5. The van der Waals surface area contributed by atoms with Gasteiger partial charge in [-0.15, -0.1) is 0 Å². The van der Waals surface area contributed by atoms with E-state index in [-0.39, 0.29) is 24.2 Å². The second-order valence-electron chi connectivity index (χ2n) is 7.62. The standard InChI is InChI=1S/C21H32FN3O5S2/c1-30-14-5-11-23-20(26)16-8-12-25(13-9-16)21(27)18(10-15-31-2)24-32(28,29)19-7-4-3-6-17(19)22/h3-4,6-7,16,18,24H,5,8-15H2,1-2H3,(H,23,26). The summed E-state index contributed by atoms with van der Waals surface area (Å²) in [6.45, 7) is 1.85. The molecule has 1 aliphatic rings. The number of nitrogens with one attached hydrogen (secondary N) is 2. The molecule has 0 saturated carbocycles. The number of piperidine rings is 1. The zero-order chi connectivity index (χ0) is 23.6. The van der Waals surface area contributed by atoms with Crippen molar-refractivity contribution in [1.29, 1.82) is 0 Å². The monoisotopic (exact) mass is 489 g/mol. The maximum absolute atomic E-state index is 14.0. The number of rotatable bonds is 12. The van der Waals surface area contributed by atoms with Crippen molar-refractivity contribution in [2.45, 2.75) is 36.6 Å². The summed E-state index contributed by atoms with van der Waals surface area (Å²) >= 11 is 1.49. The van der Waals surface area contributed by atoms with E-state index in [4.69, 9.17) is 4.74 Å². The van der Waals surface area contributed by atoms with E-state index in [9.17, 15) is 22.4 Å². The largest absolute Gasteiger partial charge is 0.385 e. The highest BCUT2D eigenvalue weighted by molar-refractivity contribution is 7.98. The van der Waals surface area contributed by atoms with Crippen molar-refractivity contribution in [2.75, 3.05) is 45.4 Å². The quantitative estimate of drug-likeness (QED) is 0.433. The minimum Gasteiger partial charge on any atom is -0.385 e. The molecule has 32 heavy (non-hydrogen) atoms. The normalized spacial score (nSPS) is 16.0. The van der Waals surface area contributed by atoms with E-state index in [0.717, 1.165) is 12.5 Å². The maximum Gasteiger partial charge on any atom is 0.244 e. The predicted molar refractivity (Wildman–Crippen MR) is 122 cm³/mol. The van der Waals surface area contributed by atoms with Crippen LogP contribution < -0.4 is 10.0 Å². The number of thioether (sulfide) groups is 1. The minimum atomic E-state index is -4.20. The lowest BCUT2D eigenvalue weighted by Gasteiger charge is -2.34. The van der Waals surface area contributed by atoms with Gasteiger partial charge in [-0.3, -0.25) is 9.59 Å². The average Bonchev–Trinajstić information content (AvgIpc) is 2.79. The van der Waals surface area contributed by atoms with Crippen LogP contribution in [0.3, 0.4) is 0 Å². The van der Waals surface area contributed by atoms with Crippen LogP contribution in [0.4, 0.5) is 4.39 Å². The van der Waals surface area contributed by atoms with E-state index >= 15 is 0 Å². The summed E-state index contributed by atoms with van der Waals surface area (Å²) < 4.78 is 46.8. The summed E-state index contributed by atoms with van der Waals surface area (Å²) in [5, 5.41) is 2.88. The highest BCUT2D eigenvalue weighted by Crippen LogP contribution is 2.20. The van der Waals surface area contributed by atoms with Gasteiger partial charge in [-0.2, -0.15) is 16.5 Å². The lowest BCUT2D eigenvalue weighted by molar-refractivity contribution is -0.137. The fourth-order valence-corrected chi connectivity index (χ4v) is 5.31. The van der Waals surface area contributed by atoms with Gasteiger partial charge in [0.2, 0.25) is 21.8 Å². The number of likely N-dealkylation sites (tertiary alicyclic amines) is 1. The van der Waals surface area contributed by atoms with Gasteiger partial charge in [0.15, 0.2) is 0 Å². The van der Waals surface area contributed by atoms with Crippen LogP contribution in [0, 0.1) is 11.7 Å². The number of carbonyl (C=O) groups excluding carboxylic acids is 2. The second kappa shape index (κ2) is 13.1. The molecule has 2 amide bonds. The summed E-state index contributed by atoms with van der Waals surface area (Å²) in [4.78, 5) is 26.5. The number of halogens is 1. The van der Waals surface area contributed by atoms with Crippen molar-refractivity contribution in [2.24, 2.45) is 5.92 Å². The topological polar surface area (TPSA) is 105 Å². The molecule has 0 aliphatic carbocycles. The van der Waals surface area contributed by atoms with Gasteiger partial charge in [0, 0.05) is 39.3 Å². The molecule has 1 aromatic rings. The lowest BCUT2D eigenvalue weighted by Crippen LogP contribution is -2.52. The number of ether oxygens (including phenoxy) is 1. The van der Waals surface area contributed by atoms with E-state index in [1.165, 1.54) is 30.0 Å². The Bertz CT molecular complexity index is 861. The molecule has 1 saturated heterocycles. The second-order valence-corrected chi connectivity index (χ2v) is 10.3. The van der Waals surface area contributed by atoms with Crippen LogP contribution in [0.2, 0.25) is 0 Å². The van der Waals surface area contributed by atoms with Crippen LogP contribution in [-0.4, -0.2) is 76.5 Å². The van der Waals surface area contributed by atoms with Crippen molar-refractivity contribution in [3.05, 3.63) is 30.1 Å². The molecule has 1 aliphatic heterocycles. The molecule has 11 heteroatoms. The predicted octanol–water partition coefficient (Wildman–Crippen LogP) is 1.62. The van der Waals surface area contributed by atoms with Gasteiger partial charge in [-0.1, -0.05) is 12.1 Å². The van der Waals surface area contributed by atoms with Gasteiger partial charge in [0.05, 0.1) is 0 Å². The number of sulfonamides is 1. The highest BCUT2D eigenvalue weighted by Gasteiger charge is 2.33. The summed E-state index contributed by atoms with van der Waals surface area (Å²) in [6.07, 6.45) is 3.91. The van der Waals surface area contributed by atoms with Crippen LogP contribution in [-0.2, 0) is 24.3 Å². The Morgan fingerprint density at radius 2 is 1.97 bits per heavy atom. The van der Waals surface area contributed by atoms with Gasteiger partial charge >= 0.3 is 0 Å². The van der Waals surface area contributed by atoms with E-state index in [1.807, 2.05) is 6.26 Å². The van der Waals surface area contributed by atoms with Gasteiger partial charge in [0.1, 0.15) is 16.8 Å². The molecule has 8 nitrogen and oxygen atoms in total. The van der Waals surface area contributed by atoms with Gasteiger partial charge in [-0.25, -0.2) is 12.8 Å². The van der Waals surface area contributed by atoms with Crippen LogP contribution in [0.15, 0.2) is 29.2 Å². The van der Waals surface area contributed by atoms with E-state index in [2.05, 4.69) is 10.0 Å². The Morgan fingerprint density at radius 3 is 2.59 bits per heavy atom. The van der Waals surface area contributed by atoms with Gasteiger partial charge < -0.3 is 15.0 Å². The smallest absolute Gasteiger partial charge is 0.244 e. The van der Waals surface area contributed by atoms with Gasteiger partial charge in [0.25, 0.3) is 0 Å². The van der Waals surface area contributed by atoms with Crippen molar-refractivity contribution < 1.29 is 27.1 Å². The van der Waals surface area contributed by atoms with Crippen molar-refractivity contribution in [1.82, 2.24) is 14.9 Å². The molecule has 0 aromatic heterocycles. The Labute approximate surface area is 193 Å². The molecule has 2 N–H and O–H groups in total. The molecule has 1 unspecified atom stereocenters. The van der Waals surface area contributed by atoms with E-state index < -0.39 is 26.8 Å².